The van der Waals surface area contributed by atoms with Crippen LogP contribution in [0.2, 0.25) is 0 Å². The second-order valence-corrected chi connectivity index (χ2v) is 9.43. The molecular formula is C27H24FN3O3S. The number of hydrogen-bond acceptors (Lipinski definition) is 6. The van der Waals surface area contributed by atoms with Crippen molar-refractivity contribution in [3.05, 3.63) is 76.5 Å². The Hall–Kier alpha value is -3.65. The first-order chi connectivity index (χ1) is 17.0. The van der Waals surface area contributed by atoms with Gasteiger partial charge in [-0.05, 0) is 68.5 Å². The van der Waals surface area contributed by atoms with Crippen LogP contribution in [0.15, 0.2) is 53.9 Å². The fourth-order valence-corrected chi connectivity index (χ4v) is 5.07. The number of nitrogens with zero attached hydrogens (tertiary/aromatic N) is 2. The van der Waals surface area contributed by atoms with E-state index in [2.05, 4.69) is 10.3 Å². The van der Waals surface area contributed by atoms with E-state index in [9.17, 15) is 14.0 Å². The lowest BCUT2D eigenvalue weighted by Crippen LogP contribution is -2.30. The number of anilines is 1. The molecule has 35 heavy (non-hydrogen) atoms. The Kier molecular flexibility index (Phi) is 6.55. The maximum atomic E-state index is 13.4. The highest BCUT2D eigenvalue weighted by Crippen LogP contribution is 2.30. The van der Waals surface area contributed by atoms with Crippen molar-refractivity contribution in [3.8, 4) is 11.3 Å². The molecule has 1 N–H and O–H groups in total. The first kappa shape index (κ1) is 23.1. The largest absolute Gasteiger partial charge is 0.449 e. The van der Waals surface area contributed by atoms with Crippen LogP contribution in [0.3, 0.4) is 0 Å². The van der Waals surface area contributed by atoms with Crippen LogP contribution >= 0.6 is 11.3 Å². The Morgan fingerprint density at radius 3 is 2.63 bits per heavy atom. The lowest BCUT2D eigenvalue weighted by molar-refractivity contribution is -0.123. The topological polar surface area (TPSA) is 81.2 Å². The average molecular weight is 490 g/mol. The fourth-order valence-electron chi connectivity index (χ4n) is 4.35. The molecule has 1 amide bonds. The number of aromatic nitrogens is 2. The second kappa shape index (κ2) is 9.92. The summed E-state index contributed by atoms with van der Waals surface area (Å²) in [5.74, 6) is -1.31. The van der Waals surface area contributed by atoms with Crippen molar-refractivity contribution in [1.29, 1.82) is 0 Å². The summed E-state index contributed by atoms with van der Waals surface area (Å²) >= 11 is 1.25. The predicted octanol–water partition coefficient (Wildman–Crippen LogP) is 5.95. The molecule has 178 valence electrons. The minimum Gasteiger partial charge on any atom is -0.449 e. The number of carbonyl (C=O) groups is 2. The molecule has 0 unspecified atom stereocenters. The zero-order valence-corrected chi connectivity index (χ0v) is 20.0. The SMILES string of the molecule is C[C@@H](OC(=O)c1c2c(nc3ccccc13)CCCCC2)C(=O)Nc1nc(-c2ccc(F)cc2)cs1. The fraction of sp³-hybridized carbons (Fsp3) is 0.259. The number of nitrogens with one attached hydrogen (secondary N) is 1. The number of amides is 1. The summed E-state index contributed by atoms with van der Waals surface area (Å²) in [7, 11) is 0. The van der Waals surface area contributed by atoms with Gasteiger partial charge in [0.2, 0.25) is 0 Å². The number of thiazole rings is 1. The maximum Gasteiger partial charge on any atom is 0.339 e. The number of pyridine rings is 1. The molecule has 0 bridgehead atoms. The van der Waals surface area contributed by atoms with E-state index in [1.165, 1.54) is 23.5 Å². The van der Waals surface area contributed by atoms with E-state index in [0.29, 0.717) is 16.4 Å². The van der Waals surface area contributed by atoms with Crippen molar-refractivity contribution >= 4 is 39.2 Å². The quantitative estimate of drug-likeness (QED) is 0.277. The van der Waals surface area contributed by atoms with E-state index in [1.54, 1.807) is 24.4 Å². The number of rotatable bonds is 5. The van der Waals surface area contributed by atoms with Crippen LogP contribution in [-0.4, -0.2) is 27.9 Å². The standard InChI is InChI=1S/C27H24FN3O3S/c1-16(25(32)31-27-30-23(15-35-27)17-11-13-18(28)14-12-17)34-26(33)24-19-7-3-2-4-9-21(19)29-22-10-6-5-8-20(22)24/h5-6,8,10-16H,2-4,7,9H2,1H3,(H,30,31,32)/t16-/m1/s1. The van der Waals surface area contributed by atoms with Gasteiger partial charge in [-0.25, -0.2) is 14.2 Å². The lowest BCUT2D eigenvalue weighted by atomic mass is 9.97. The first-order valence-corrected chi connectivity index (χ1v) is 12.5. The van der Waals surface area contributed by atoms with Gasteiger partial charge in [0.1, 0.15) is 5.82 Å². The average Bonchev–Trinajstić information content (AvgIpc) is 3.19. The van der Waals surface area contributed by atoms with Gasteiger partial charge in [0.05, 0.1) is 16.8 Å². The maximum absolute atomic E-state index is 13.4. The van der Waals surface area contributed by atoms with Crippen LogP contribution in [0, 0.1) is 5.82 Å². The number of halogens is 1. The van der Waals surface area contributed by atoms with Crippen molar-refractivity contribution in [3.63, 3.8) is 0 Å². The first-order valence-electron chi connectivity index (χ1n) is 11.6. The number of fused-ring (bicyclic) bond motifs is 2. The van der Waals surface area contributed by atoms with Crippen LogP contribution in [0.25, 0.3) is 22.2 Å². The molecular weight excluding hydrogens is 465 g/mol. The molecule has 4 aromatic rings. The molecule has 2 heterocycles. The molecule has 1 aliphatic rings. The van der Waals surface area contributed by atoms with Crippen molar-refractivity contribution in [1.82, 2.24) is 9.97 Å². The molecule has 0 spiro atoms. The second-order valence-electron chi connectivity index (χ2n) is 8.57. The van der Waals surface area contributed by atoms with Crippen LogP contribution in [0.4, 0.5) is 9.52 Å². The minimum absolute atomic E-state index is 0.327. The third kappa shape index (κ3) is 4.93. The van der Waals surface area contributed by atoms with E-state index in [-0.39, 0.29) is 5.82 Å². The number of aryl methyl sites for hydroxylation is 1. The summed E-state index contributed by atoms with van der Waals surface area (Å²) in [4.78, 5) is 35.3. The Morgan fingerprint density at radius 1 is 1.03 bits per heavy atom. The van der Waals surface area contributed by atoms with Gasteiger partial charge >= 0.3 is 5.97 Å². The number of hydrogen-bond donors (Lipinski definition) is 1. The molecule has 6 nitrogen and oxygen atoms in total. The molecule has 0 saturated carbocycles. The van der Waals surface area contributed by atoms with Gasteiger partial charge in [0.25, 0.3) is 5.91 Å². The summed E-state index contributed by atoms with van der Waals surface area (Å²) in [5.41, 5.74) is 4.52. The molecule has 1 atom stereocenters. The van der Waals surface area contributed by atoms with E-state index >= 15 is 0 Å². The Bertz CT molecular complexity index is 1400. The van der Waals surface area contributed by atoms with Gasteiger partial charge in [-0.2, -0.15) is 0 Å². The molecule has 1 aliphatic carbocycles. The van der Waals surface area contributed by atoms with E-state index in [1.807, 2.05) is 24.3 Å². The molecule has 0 aliphatic heterocycles. The predicted molar refractivity (Wildman–Crippen MR) is 134 cm³/mol. The summed E-state index contributed by atoms with van der Waals surface area (Å²) < 4.78 is 18.8. The van der Waals surface area contributed by atoms with Gasteiger partial charge in [-0.15, -0.1) is 11.3 Å². The summed E-state index contributed by atoms with van der Waals surface area (Å²) in [6, 6.07) is 13.5. The Balaban J connectivity index is 1.34. The number of carbonyl (C=O) groups excluding carboxylic acids is 2. The molecule has 8 heteroatoms. The highest BCUT2D eigenvalue weighted by molar-refractivity contribution is 7.14. The van der Waals surface area contributed by atoms with Crippen LogP contribution < -0.4 is 5.32 Å². The van der Waals surface area contributed by atoms with Gasteiger partial charge in [0, 0.05) is 22.0 Å². The third-order valence-electron chi connectivity index (χ3n) is 6.15. The Labute approximate surface area is 206 Å². The highest BCUT2D eigenvalue weighted by atomic mass is 32.1. The lowest BCUT2D eigenvalue weighted by Gasteiger charge is -2.17. The van der Waals surface area contributed by atoms with Crippen LogP contribution in [0.1, 0.15) is 47.8 Å². The van der Waals surface area contributed by atoms with Crippen LogP contribution in [0.5, 0.6) is 0 Å². The Morgan fingerprint density at radius 2 is 1.80 bits per heavy atom. The van der Waals surface area contributed by atoms with Crippen molar-refractivity contribution < 1.29 is 18.7 Å². The molecule has 0 radical (unpaired) electrons. The molecule has 2 aromatic carbocycles. The summed E-state index contributed by atoms with van der Waals surface area (Å²) in [6.07, 6.45) is 3.70. The van der Waals surface area contributed by atoms with E-state index in [0.717, 1.165) is 59.8 Å². The van der Waals surface area contributed by atoms with Gasteiger partial charge in [-0.3, -0.25) is 15.1 Å². The minimum atomic E-state index is -1.02. The van der Waals surface area contributed by atoms with E-state index in [4.69, 9.17) is 9.72 Å². The molecule has 5 rings (SSSR count). The highest BCUT2D eigenvalue weighted by Gasteiger charge is 2.26. The normalized spacial score (nSPS) is 14.1. The molecule has 2 aromatic heterocycles. The van der Waals surface area contributed by atoms with E-state index < -0.39 is 18.0 Å². The molecule has 0 saturated heterocycles. The summed E-state index contributed by atoms with van der Waals surface area (Å²) in [5, 5.41) is 5.61. The number of para-hydroxylation sites is 1. The smallest absolute Gasteiger partial charge is 0.339 e. The zero-order valence-electron chi connectivity index (χ0n) is 19.2. The van der Waals surface area contributed by atoms with Crippen molar-refractivity contribution in [2.24, 2.45) is 0 Å². The number of esters is 1. The van der Waals surface area contributed by atoms with Crippen molar-refractivity contribution in [2.75, 3.05) is 5.32 Å². The van der Waals surface area contributed by atoms with Gasteiger partial charge < -0.3 is 4.74 Å². The summed E-state index contributed by atoms with van der Waals surface area (Å²) in [6.45, 7) is 1.55. The molecule has 0 fully saturated rings. The monoisotopic (exact) mass is 489 g/mol. The third-order valence-corrected chi connectivity index (χ3v) is 6.91. The zero-order chi connectivity index (χ0) is 24.4. The van der Waals surface area contributed by atoms with Gasteiger partial charge in [0.15, 0.2) is 11.2 Å². The van der Waals surface area contributed by atoms with Crippen LogP contribution in [-0.2, 0) is 22.4 Å². The van der Waals surface area contributed by atoms with Gasteiger partial charge in [-0.1, -0.05) is 24.6 Å². The van der Waals surface area contributed by atoms with Crippen molar-refractivity contribution in [2.45, 2.75) is 45.1 Å². The number of benzene rings is 2. The number of ether oxygens (including phenoxy) is 1.